The lowest BCUT2D eigenvalue weighted by Crippen LogP contribution is -2.27. The molecular formula is C10H18O3. The van der Waals surface area contributed by atoms with E-state index >= 15 is 0 Å². The van der Waals surface area contributed by atoms with Gasteiger partial charge in [-0.05, 0) is 6.42 Å². The highest BCUT2D eigenvalue weighted by molar-refractivity contribution is 4.85. The summed E-state index contributed by atoms with van der Waals surface area (Å²) in [5, 5.41) is 8.94. The average Bonchev–Trinajstić information content (AvgIpc) is 2.37. The van der Waals surface area contributed by atoms with E-state index in [2.05, 4.69) is 20.4 Å². The van der Waals surface area contributed by atoms with Crippen molar-refractivity contribution in [3.63, 3.8) is 0 Å². The highest BCUT2D eigenvalue weighted by atomic mass is 16.7. The fourth-order valence-electron chi connectivity index (χ4n) is 1.62. The van der Waals surface area contributed by atoms with Gasteiger partial charge in [0.25, 0.3) is 0 Å². The monoisotopic (exact) mass is 186 g/mol. The van der Waals surface area contributed by atoms with E-state index in [0.29, 0.717) is 6.61 Å². The van der Waals surface area contributed by atoms with E-state index in [1.807, 2.05) is 0 Å². The number of aliphatic hydroxyl groups is 1. The van der Waals surface area contributed by atoms with Gasteiger partial charge >= 0.3 is 0 Å². The first-order valence-corrected chi connectivity index (χ1v) is 4.59. The molecule has 0 aromatic rings. The van der Waals surface area contributed by atoms with Crippen LogP contribution in [0.4, 0.5) is 0 Å². The fourth-order valence-corrected chi connectivity index (χ4v) is 1.62. The summed E-state index contributed by atoms with van der Waals surface area (Å²) >= 11 is 0. The first-order valence-electron chi connectivity index (χ1n) is 4.59. The van der Waals surface area contributed by atoms with Gasteiger partial charge in [0.15, 0.2) is 6.29 Å². The molecule has 1 aliphatic rings. The van der Waals surface area contributed by atoms with Gasteiger partial charge in [0, 0.05) is 5.41 Å². The van der Waals surface area contributed by atoms with E-state index in [4.69, 9.17) is 14.6 Å². The first kappa shape index (κ1) is 10.7. The molecule has 0 aromatic heterocycles. The molecule has 0 aromatic carbocycles. The van der Waals surface area contributed by atoms with Crippen LogP contribution in [-0.4, -0.2) is 30.7 Å². The van der Waals surface area contributed by atoms with Crippen LogP contribution in [0.5, 0.6) is 0 Å². The number of ether oxygens (including phenoxy) is 2. The Morgan fingerprint density at radius 1 is 1.69 bits per heavy atom. The molecule has 1 heterocycles. The Balaban J connectivity index is 2.48. The van der Waals surface area contributed by atoms with Crippen molar-refractivity contribution in [3.05, 3.63) is 12.7 Å². The lowest BCUT2D eigenvalue weighted by atomic mass is 9.89. The minimum Gasteiger partial charge on any atom is -0.394 e. The Bertz CT molecular complexity index is 177. The van der Waals surface area contributed by atoms with Crippen LogP contribution < -0.4 is 0 Å². The van der Waals surface area contributed by atoms with Gasteiger partial charge in [0.1, 0.15) is 0 Å². The molecule has 0 amide bonds. The molecule has 0 spiro atoms. The minimum atomic E-state index is -0.220. The zero-order valence-electron chi connectivity index (χ0n) is 8.32. The Labute approximate surface area is 79.3 Å². The molecule has 1 fully saturated rings. The van der Waals surface area contributed by atoms with Gasteiger partial charge in [-0.1, -0.05) is 19.9 Å². The predicted octanol–water partition coefficient (Wildman–Crippen LogP) is 1.32. The maximum Gasteiger partial charge on any atom is 0.163 e. The van der Waals surface area contributed by atoms with Crippen molar-refractivity contribution in [2.75, 3.05) is 13.2 Å². The predicted molar refractivity (Wildman–Crippen MR) is 50.3 cm³/mol. The lowest BCUT2D eigenvalue weighted by molar-refractivity contribution is -0.164. The van der Waals surface area contributed by atoms with E-state index in [1.54, 1.807) is 6.08 Å². The zero-order valence-corrected chi connectivity index (χ0v) is 8.32. The quantitative estimate of drug-likeness (QED) is 0.673. The molecular weight excluding hydrogens is 168 g/mol. The molecule has 0 aliphatic carbocycles. The van der Waals surface area contributed by atoms with Gasteiger partial charge in [-0.3, -0.25) is 0 Å². The van der Waals surface area contributed by atoms with Crippen molar-refractivity contribution < 1.29 is 14.6 Å². The molecule has 13 heavy (non-hydrogen) atoms. The summed E-state index contributed by atoms with van der Waals surface area (Å²) in [6, 6.07) is 0. The summed E-state index contributed by atoms with van der Waals surface area (Å²) in [6.45, 7) is 8.30. The fraction of sp³-hybridized carbons (Fsp3) is 0.800. The van der Waals surface area contributed by atoms with Gasteiger partial charge < -0.3 is 14.6 Å². The molecule has 1 rings (SSSR count). The van der Waals surface area contributed by atoms with Crippen molar-refractivity contribution >= 4 is 0 Å². The smallest absolute Gasteiger partial charge is 0.163 e. The van der Waals surface area contributed by atoms with Crippen LogP contribution in [-0.2, 0) is 9.47 Å². The summed E-state index contributed by atoms with van der Waals surface area (Å²) in [7, 11) is 0. The first-order chi connectivity index (χ1) is 6.10. The van der Waals surface area contributed by atoms with Gasteiger partial charge in [0.2, 0.25) is 0 Å². The molecule has 0 bridgehead atoms. The Morgan fingerprint density at radius 3 is 2.85 bits per heavy atom. The third-order valence-electron chi connectivity index (χ3n) is 2.28. The summed E-state index contributed by atoms with van der Waals surface area (Å²) in [5.41, 5.74) is -0.0175. The van der Waals surface area contributed by atoms with Crippen molar-refractivity contribution in [1.82, 2.24) is 0 Å². The average molecular weight is 186 g/mol. The lowest BCUT2D eigenvalue weighted by Gasteiger charge is -2.24. The van der Waals surface area contributed by atoms with Crippen LogP contribution in [0.25, 0.3) is 0 Å². The summed E-state index contributed by atoms with van der Waals surface area (Å²) in [5.74, 6) is 0. The second kappa shape index (κ2) is 4.22. The second-order valence-electron chi connectivity index (χ2n) is 4.09. The second-order valence-corrected chi connectivity index (χ2v) is 4.09. The number of hydrogen-bond acceptors (Lipinski definition) is 3. The Morgan fingerprint density at radius 2 is 2.38 bits per heavy atom. The molecule has 1 aliphatic heterocycles. The van der Waals surface area contributed by atoms with Gasteiger partial charge in [0.05, 0.1) is 19.3 Å². The van der Waals surface area contributed by atoms with Crippen LogP contribution in [0.15, 0.2) is 12.7 Å². The van der Waals surface area contributed by atoms with Crippen molar-refractivity contribution in [1.29, 1.82) is 0 Å². The third-order valence-corrected chi connectivity index (χ3v) is 2.28. The van der Waals surface area contributed by atoms with Crippen LogP contribution in [0, 0.1) is 5.41 Å². The topological polar surface area (TPSA) is 38.7 Å². The van der Waals surface area contributed by atoms with E-state index < -0.39 is 0 Å². The molecule has 0 saturated carbocycles. The highest BCUT2D eigenvalue weighted by Gasteiger charge is 2.41. The molecule has 76 valence electrons. The molecule has 0 radical (unpaired) electrons. The minimum absolute atomic E-state index is 0.0175. The number of hydrogen-bond donors (Lipinski definition) is 1. The molecule has 1 unspecified atom stereocenters. The maximum absolute atomic E-state index is 8.94. The third kappa shape index (κ3) is 2.53. The van der Waals surface area contributed by atoms with E-state index in [9.17, 15) is 0 Å². The van der Waals surface area contributed by atoms with Crippen molar-refractivity contribution in [2.24, 2.45) is 5.41 Å². The van der Waals surface area contributed by atoms with Gasteiger partial charge in [-0.2, -0.15) is 0 Å². The normalized spacial score (nSPS) is 31.9. The van der Waals surface area contributed by atoms with Crippen LogP contribution in [0.3, 0.4) is 0 Å². The van der Waals surface area contributed by atoms with Crippen molar-refractivity contribution in [2.45, 2.75) is 32.7 Å². The summed E-state index contributed by atoms with van der Waals surface area (Å²) in [4.78, 5) is 0. The largest absolute Gasteiger partial charge is 0.394 e. The SMILES string of the molecule is C=CCOC1O[C@H](CO)CC1(C)C. The van der Waals surface area contributed by atoms with E-state index in [0.717, 1.165) is 6.42 Å². The molecule has 2 atom stereocenters. The zero-order chi connectivity index (χ0) is 9.90. The van der Waals surface area contributed by atoms with Crippen LogP contribution >= 0.6 is 0 Å². The Kier molecular flexibility index (Phi) is 3.47. The molecule has 1 N–H and O–H groups in total. The standard InChI is InChI=1S/C10H18O3/c1-4-5-12-9-10(2,3)6-8(7-11)13-9/h4,8-9,11H,1,5-7H2,2-3H3/t8-,9?/m0/s1. The highest BCUT2D eigenvalue weighted by Crippen LogP contribution is 2.38. The summed E-state index contributed by atoms with van der Waals surface area (Å²) < 4.78 is 11.0. The Hall–Kier alpha value is -0.380. The molecule has 1 saturated heterocycles. The van der Waals surface area contributed by atoms with Crippen LogP contribution in [0.2, 0.25) is 0 Å². The maximum atomic E-state index is 8.94. The van der Waals surface area contributed by atoms with Gasteiger partial charge in [-0.15, -0.1) is 6.58 Å². The van der Waals surface area contributed by atoms with E-state index in [1.165, 1.54) is 0 Å². The van der Waals surface area contributed by atoms with Gasteiger partial charge in [-0.25, -0.2) is 0 Å². The molecule has 3 heteroatoms. The number of aliphatic hydroxyl groups excluding tert-OH is 1. The van der Waals surface area contributed by atoms with Crippen molar-refractivity contribution in [3.8, 4) is 0 Å². The summed E-state index contributed by atoms with van der Waals surface area (Å²) in [6.07, 6.45) is 2.24. The van der Waals surface area contributed by atoms with E-state index in [-0.39, 0.29) is 24.4 Å². The van der Waals surface area contributed by atoms with Crippen LogP contribution in [0.1, 0.15) is 20.3 Å². The number of rotatable bonds is 4. The molecule has 3 nitrogen and oxygen atoms in total.